The highest BCUT2D eigenvalue weighted by atomic mass is 16.6. The third-order valence-corrected chi connectivity index (χ3v) is 11.1. The molecule has 5 rings (SSSR count). The van der Waals surface area contributed by atoms with Crippen molar-refractivity contribution in [2.45, 2.75) is 86.4 Å². The molecule has 4 aliphatic rings. The van der Waals surface area contributed by atoms with E-state index in [0.29, 0.717) is 12.0 Å². The fourth-order valence-electron chi connectivity index (χ4n) is 8.56. The Morgan fingerprint density at radius 1 is 1.07 bits per heavy atom. The molecular formula is C33H42O8. The fraction of sp³-hybridized carbons (Fsp3) is 0.636. The van der Waals surface area contributed by atoms with Gasteiger partial charge in [0.05, 0.1) is 32.0 Å². The fourth-order valence-corrected chi connectivity index (χ4v) is 8.56. The van der Waals surface area contributed by atoms with E-state index in [-0.39, 0.29) is 36.4 Å². The van der Waals surface area contributed by atoms with Crippen molar-refractivity contribution in [3.05, 3.63) is 47.0 Å². The molecule has 0 amide bonds. The summed E-state index contributed by atoms with van der Waals surface area (Å²) in [6, 6.07) is 1.84. The van der Waals surface area contributed by atoms with Crippen LogP contribution >= 0.6 is 0 Å². The molecule has 1 aromatic rings. The highest BCUT2D eigenvalue weighted by molar-refractivity contribution is 5.94. The smallest absolute Gasteiger partial charge is 0.333 e. The number of cyclic esters (lactones) is 1. The Labute approximate surface area is 241 Å². The molecule has 3 fully saturated rings. The minimum absolute atomic E-state index is 0.0134. The first kappa shape index (κ1) is 29.3. The highest BCUT2D eigenvalue weighted by Crippen LogP contribution is 2.68. The first-order valence-electron chi connectivity index (χ1n) is 14.6. The van der Waals surface area contributed by atoms with Crippen LogP contribution < -0.4 is 0 Å². The summed E-state index contributed by atoms with van der Waals surface area (Å²) in [4.78, 5) is 53.7. The number of ether oxygens (including phenoxy) is 3. The van der Waals surface area contributed by atoms with Crippen LogP contribution in [0.4, 0.5) is 0 Å². The standard InChI is InChI=1S/C33H42O8/c1-17(2)18(3)30(37)41-29-21-13-20-22(33(7,27(21)36)24(31(29,4)5)15-25(34)38-8)9-11-32(6)23(20)14-26(35)40-28(32)19-10-12-39-16-19/h10,12-13,16,21-24,28-29H,9,11,14-15H2,1-8H3/t21-,22-,23+,24+,28+,29+,32-,33-/m1/s1. The zero-order chi connectivity index (χ0) is 30.1. The molecule has 1 aromatic heterocycles. The molecule has 0 radical (unpaired) electrons. The zero-order valence-corrected chi connectivity index (χ0v) is 25.4. The molecule has 0 N–H and O–H groups in total. The van der Waals surface area contributed by atoms with E-state index in [2.05, 4.69) is 6.92 Å². The van der Waals surface area contributed by atoms with Crippen LogP contribution in [0.25, 0.3) is 0 Å². The molecule has 41 heavy (non-hydrogen) atoms. The summed E-state index contributed by atoms with van der Waals surface area (Å²) in [6.45, 7) is 13.5. The number of Topliss-reactive ketones (excluding diaryl/α,β-unsaturated/α-hetero) is 1. The second-order valence-corrected chi connectivity index (χ2v) is 13.7. The minimum Gasteiger partial charge on any atom is -0.472 e. The van der Waals surface area contributed by atoms with Gasteiger partial charge in [0.1, 0.15) is 18.0 Å². The third kappa shape index (κ3) is 4.31. The summed E-state index contributed by atoms with van der Waals surface area (Å²) in [6.07, 6.45) is 5.62. The number of esters is 3. The number of methoxy groups -OCH3 is 1. The summed E-state index contributed by atoms with van der Waals surface area (Å²) in [7, 11) is 1.35. The first-order chi connectivity index (χ1) is 19.2. The largest absolute Gasteiger partial charge is 0.472 e. The normalized spacial score (nSPS) is 37.1. The van der Waals surface area contributed by atoms with E-state index in [1.165, 1.54) is 7.11 Å². The first-order valence-corrected chi connectivity index (χ1v) is 14.6. The number of allylic oxidation sites excluding steroid dienone is 2. The van der Waals surface area contributed by atoms with Crippen molar-refractivity contribution in [3.8, 4) is 0 Å². The predicted octanol–water partition coefficient (Wildman–Crippen LogP) is 5.92. The Morgan fingerprint density at radius 2 is 1.78 bits per heavy atom. The van der Waals surface area contributed by atoms with Gasteiger partial charge in [-0.3, -0.25) is 14.4 Å². The highest BCUT2D eigenvalue weighted by Gasteiger charge is 2.69. The van der Waals surface area contributed by atoms with Crippen LogP contribution in [0.15, 0.2) is 45.8 Å². The van der Waals surface area contributed by atoms with Crippen molar-refractivity contribution in [1.29, 1.82) is 0 Å². The summed E-state index contributed by atoms with van der Waals surface area (Å²) in [5, 5.41) is 0. The van der Waals surface area contributed by atoms with Gasteiger partial charge in [-0.05, 0) is 57.4 Å². The van der Waals surface area contributed by atoms with Crippen molar-refractivity contribution in [2.24, 2.45) is 39.9 Å². The maximum Gasteiger partial charge on any atom is 0.333 e. The number of hydrogen-bond acceptors (Lipinski definition) is 8. The summed E-state index contributed by atoms with van der Waals surface area (Å²) >= 11 is 0. The van der Waals surface area contributed by atoms with Crippen molar-refractivity contribution in [2.75, 3.05) is 7.11 Å². The summed E-state index contributed by atoms with van der Waals surface area (Å²) in [5.74, 6) is -2.66. The van der Waals surface area contributed by atoms with Crippen LogP contribution in [-0.2, 0) is 33.4 Å². The number of furan rings is 1. The second-order valence-electron chi connectivity index (χ2n) is 13.7. The van der Waals surface area contributed by atoms with E-state index in [1.807, 2.05) is 46.8 Å². The van der Waals surface area contributed by atoms with Crippen molar-refractivity contribution >= 4 is 23.7 Å². The molecule has 2 bridgehead atoms. The van der Waals surface area contributed by atoms with Crippen LogP contribution in [0.1, 0.15) is 85.8 Å². The van der Waals surface area contributed by atoms with Crippen LogP contribution in [0.2, 0.25) is 0 Å². The lowest BCUT2D eigenvalue weighted by atomic mass is 9.40. The Kier molecular flexibility index (Phi) is 7.14. The van der Waals surface area contributed by atoms with E-state index in [9.17, 15) is 19.2 Å². The second kappa shape index (κ2) is 9.99. The number of ketones is 1. The third-order valence-electron chi connectivity index (χ3n) is 11.1. The van der Waals surface area contributed by atoms with Crippen molar-refractivity contribution in [1.82, 2.24) is 0 Å². The molecule has 0 unspecified atom stereocenters. The Morgan fingerprint density at radius 3 is 2.39 bits per heavy atom. The van der Waals surface area contributed by atoms with Gasteiger partial charge in [0.15, 0.2) is 0 Å². The molecule has 1 aliphatic heterocycles. The minimum atomic E-state index is -0.908. The quantitative estimate of drug-likeness (QED) is 0.187. The van der Waals surface area contributed by atoms with E-state index in [1.54, 1.807) is 19.5 Å². The van der Waals surface area contributed by atoms with Crippen LogP contribution in [0, 0.1) is 39.9 Å². The molecule has 222 valence electrons. The number of fused-ring (bicyclic) bond motifs is 6. The zero-order valence-electron chi connectivity index (χ0n) is 25.4. The van der Waals surface area contributed by atoms with Crippen LogP contribution in [-0.4, -0.2) is 36.9 Å². The Balaban J connectivity index is 1.66. The molecule has 0 spiro atoms. The molecule has 8 atom stereocenters. The van der Waals surface area contributed by atoms with Gasteiger partial charge in [-0.2, -0.15) is 0 Å². The van der Waals surface area contributed by atoms with Crippen molar-refractivity contribution < 1.29 is 37.8 Å². The van der Waals surface area contributed by atoms with Gasteiger partial charge < -0.3 is 18.6 Å². The SMILES string of the molecule is COC(=O)C[C@H]1C(C)(C)[C@@H](OC(=O)C(C)=C(C)C)[C@@H]2C=C3[C@@H](CC[C@]4(C)[C@H]3CC(=O)O[C@H]4c3ccoc3)[C@@]1(C)C2=O. The van der Waals surface area contributed by atoms with Crippen LogP contribution in [0.5, 0.6) is 0 Å². The molecule has 0 aromatic carbocycles. The molecule has 3 aliphatic carbocycles. The van der Waals surface area contributed by atoms with Gasteiger partial charge in [-0.15, -0.1) is 0 Å². The van der Waals surface area contributed by atoms with E-state index in [0.717, 1.165) is 23.1 Å². The van der Waals surface area contributed by atoms with E-state index >= 15 is 0 Å². The van der Waals surface area contributed by atoms with Gasteiger partial charge >= 0.3 is 17.9 Å². The Hall–Kier alpha value is -3.16. The van der Waals surface area contributed by atoms with Gasteiger partial charge in [0.2, 0.25) is 0 Å². The maximum absolute atomic E-state index is 14.5. The van der Waals surface area contributed by atoms with Gasteiger partial charge in [-0.25, -0.2) is 4.79 Å². The number of hydrogen-bond donors (Lipinski definition) is 0. The average molecular weight is 567 g/mol. The maximum atomic E-state index is 14.5. The monoisotopic (exact) mass is 566 g/mol. The lowest BCUT2D eigenvalue weighted by Crippen LogP contribution is -2.66. The van der Waals surface area contributed by atoms with Gasteiger partial charge in [0.25, 0.3) is 0 Å². The van der Waals surface area contributed by atoms with Crippen molar-refractivity contribution in [3.63, 3.8) is 0 Å². The Bertz CT molecular complexity index is 1330. The molecular weight excluding hydrogens is 524 g/mol. The lowest BCUT2D eigenvalue weighted by Gasteiger charge is -2.63. The van der Waals surface area contributed by atoms with Gasteiger partial charge in [0, 0.05) is 33.8 Å². The lowest BCUT2D eigenvalue weighted by molar-refractivity contribution is -0.195. The molecule has 8 heteroatoms. The molecule has 2 saturated carbocycles. The molecule has 1 saturated heterocycles. The molecule has 2 heterocycles. The number of carbonyl (C=O) groups is 4. The predicted molar refractivity (Wildman–Crippen MR) is 149 cm³/mol. The number of carbonyl (C=O) groups excluding carboxylic acids is 4. The van der Waals surface area contributed by atoms with E-state index in [4.69, 9.17) is 18.6 Å². The number of rotatable bonds is 5. The summed E-state index contributed by atoms with van der Waals surface area (Å²) < 4.78 is 22.6. The van der Waals surface area contributed by atoms with E-state index < -0.39 is 52.2 Å². The topological polar surface area (TPSA) is 109 Å². The molecule has 8 nitrogen and oxygen atoms in total. The summed E-state index contributed by atoms with van der Waals surface area (Å²) in [5.41, 5.74) is 1.15. The van der Waals surface area contributed by atoms with Gasteiger partial charge in [-0.1, -0.05) is 44.9 Å². The van der Waals surface area contributed by atoms with Crippen LogP contribution in [0.3, 0.4) is 0 Å². The average Bonchev–Trinajstić information content (AvgIpc) is 3.45.